The highest BCUT2D eigenvalue weighted by molar-refractivity contribution is 5.89. The molecule has 3 heteroatoms. The lowest BCUT2D eigenvalue weighted by molar-refractivity contribution is -0.137. The lowest BCUT2D eigenvalue weighted by Crippen LogP contribution is -1.95. The van der Waals surface area contributed by atoms with Crippen LogP contribution in [0.1, 0.15) is 71.1 Å². The van der Waals surface area contributed by atoms with Crippen LogP contribution in [0, 0.1) is 0 Å². The Labute approximate surface area is 122 Å². The fourth-order valence-electron chi connectivity index (χ4n) is 1.86. The predicted molar refractivity (Wildman–Crippen MR) is 82.8 cm³/mol. The third-order valence-electron chi connectivity index (χ3n) is 3.07. The van der Waals surface area contributed by atoms with Crippen LogP contribution in [-0.2, 0) is 9.59 Å². The van der Waals surface area contributed by atoms with E-state index in [9.17, 15) is 9.59 Å². The second kappa shape index (κ2) is 14.0. The second-order valence-corrected chi connectivity index (χ2v) is 5.06. The van der Waals surface area contributed by atoms with Crippen LogP contribution >= 0.6 is 0 Å². The van der Waals surface area contributed by atoms with Gasteiger partial charge < -0.3 is 5.11 Å². The maximum Gasteiger partial charge on any atom is 0.303 e. The molecular weight excluding hydrogens is 252 g/mol. The van der Waals surface area contributed by atoms with E-state index in [1.165, 1.54) is 19.3 Å². The molecule has 0 aromatic carbocycles. The monoisotopic (exact) mass is 280 g/mol. The SMILES string of the molecule is CCCCCC=CC=CC(=O)CCCCCCC(=O)O. The molecule has 0 rings (SSSR count). The van der Waals surface area contributed by atoms with Gasteiger partial charge in [-0.15, -0.1) is 0 Å². The molecule has 0 aromatic rings. The van der Waals surface area contributed by atoms with Gasteiger partial charge in [-0.25, -0.2) is 0 Å². The van der Waals surface area contributed by atoms with Crippen molar-refractivity contribution < 1.29 is 14.7 Å². The molecule has 0 saturated heterocycles. The van der Waals surface area contributed by atoms with Crippen molar-refractivity contribution in [1.82, 2.24) is 0 Å². The summed E-state index contributed by atoms with van der Waals surface area (Å²) in [5.74, 6) is -0.587. The maximum absolute atomic E-state index is 11.5. The van der Waals surface area contributed by atoms with Crippen LogP contribution in [0.25, 0.3) is 0 Å². The van der Waals surface area contributed by atoms with E-state index in [1.54, 1.807) is 6.08 Å². The smallest absolute Gasteiger partial charge is 0.303 e. The van der Waals surface area contributed by atoms with E-state index in [4.69, 9.17) is 5.11 Å². The Morgan fingerprint density at radius 2 is 1.60 bits per heavy atom. The molecule has 3 nitrogen and oxygen atoms in total. The molecule has 20 heavy (non-hydrogen) atoms. The highest BCUT2D eigenvalue weighted by Gasteiger charge is 1.98. The zero-order valence-electron chi connectivity index (χ0n) is 12.6. The first-order valence-corrected chi connectivity index (χ1v) is 7.74. The first-order chi connectivity index (χ1) is 9.66. The summed E-state index contributed by atoms with van der Waals surface area (Å²) in [6.45, 7) is 2.18. The van der Waals surface area contributed by atoms with Gasteiger partial charge in [-0.1, -0.05) is 50.8 Å². The number of hydrogen-bond acceptors (Lipinski definition) is 2. The van der Waals surface area contributed by atoms with Crippen LogP contribution in [0.4, 0.5) is 0 Å². The molecule has 0 spiro atoms. The van der Waals surface area contributed by atoms with Crippen molar-refractivity contribution in [3.05, 3.63) is 24.3 Å². The number of carbonyl (C=O) groups is 2. The minimum absolute atomic E-state index is 0.154. The number of ketones is 1. The summed E-state index contributed by atoms with van der Waals surface area (Å²) in [6, 6.07) is 0. The average molecular weight is 280 g/mol. The van der Waals surface area contributed by atoms with Crippen molar-refractivity contribution in [1.29, 1.82) is 0 Å². The first kappa shape index (κ1) is 18.6. The van der Waals surface area contributed by atoms with Crippen molar-refractivity contribution >= 4 is 11.8 Å². The van der Waals surface area contributed by atoms with Crippen LogP contribution in [0.3, 0.4) is 0 Å². The summed E-state index contributed by atoms with van der Waals surface area (Å²) in [5, 5.41) is 8.48. The van der Waals surface area contributed by atoms with Gasteiger partial charge in [0.05, 0.1) is 0 Å². The van der Waals surface area contributed by atoms with Gasteiger partial charge in [0.15, 0.2) is 5.78 Å². The van der Waals surface area contributed by atoms with E-state index in [0.717, 1.165) is 25.7 Å². The predicted octanol–water partition coefficient (Wildman–Crippen LogP) is 4.67. The number of hydrogen-bond donors (Lipinski definition) is 1. The molecule has 0 heterocycles. The molecule has 0 amide bonds. The van der Waals surface area contributed by atoms with Gasteiger partial charge >= 0.3 is 5.97 Å². The summed E-state index contributed by atoms with van der Waals surface area (Å²) >= 11 is 0. The first-order valence-electron chi connectivity index (χ1n) is 7.74. The van der Waals surface area contributed by atoms with Crippen molar-refractivity contribution in [3.63, 3.8) is 0 Å². The Kier molecular flexibility index (Phi) is 13.1. The summed E-state index contributed by atoms with van der Waals surface area (Å²) in [4.78, 5) is 21.8. The molecule has 0 bridgehead atoms. The number of carboxylic acids is 1. The van der Waals surface area contributed by atoms with Gasteiger partial charge in [0.1, 0.15) is 0 Å². The quantitative estimate of drug-likeness (QED) is 0.303. The Morgan fingerprint density at radius 3 is 2.25 bits per heavy atom. The lowest BCUT2D eigenvalue weighted by Gasteiger charge is -1.97. The Balaban J connectivity index is 3.46. The van der Waals surface area contributed by atoms with E-state index in [0.29, 0.717) is 12.8 Å². The molecular formula is C17H28O3. The van der Waals surface area contributed by atoms with E-state index in [-0.39, 0.29) is 12.2 Å². The van der Waals surface area contributed by atoms with Gasteiger partial charge in [-0.3, -0.25) is 9.59 Å². The Bertz CT molecular complexity index is 316. The van der Waals surface area contributed by atoms with Crippen molar-refractivity contribution in [2.24, 2.45) is 0 Å². The van der Waals surface area contributed by atoms with Gasteiger partial charge in [-0.05, 0) is 31.8 Å². The fourth-order valence-corrected chi connectivity index (χ4v) is 1.86. The van der Waals surface area contributed by atoms with E-state index in [1.807, 2.05) is 12.2 Å². The van der Waals surface area contributed by atoms with E-state index >= 15 is 0 Å². The minimum Gasteiger partial charge on any atom is -0.481 e. The van der Waals surface area contributed by atoms with Gasteiger partial charge in [0.25, 0.3) is 0 Å². The number of carbonyl (C=O) groups excluding carboxylic acids is 1. The number of unbranched alkanes of at least 4 members (excludes halogenated alkanes) is 6. The van der Waals surface area contributed by atoms with Crippen LogP contribution in [0.15, 0.2) is 24.3 Å². The highest BCUT2D eigenvalue weighted by atomic mass is 16.4. The van der Waals surface area contributed by atoms with Gasteiger partial charge in [-0.2, -0.15) is 0 Å². The molecule has 0 aliphatic carbocycles. The zero-order chi connectivity index (χ0) is 15.1. The lowest BCUT2D eigenvalue weighted by atomic mass is 10.1. The molecule has 0 unspecified atom stereocenters. The van der Waals surface area contributed by atoms with Crippen molar-refractivity contribution in [3.8, 4) is 0 Å². The van der Waals surface area contributed by atoms with Gasteiger partial charge in [0, 0.05) is 12.8 Å². The van der Waals surface area contributed by atoms with Crippen LogP contribution in [0.2, 0.25) is 0 Å². The number of allylic oxidation sites excluding steroid dienone is 4. The van der Waals surface area contributed by atoms with Crippen molar-refractivity contribution in [2.45, 2.75) is 71.1 Å². The topological polar surface area (TPSA) is 54.4 Å². The Morgan fingerprint density at radius 1 is 0.900 bits per heavy atom. The summed E-state index contributed by atoms with van der Waals surface area (Å²) in [7, 11) is 0. The molecule has 0 saturated carbocycles. The van der Waals surface area contributed by atoms with Crippen LogP contribution in [-0.4, -0.2) is 16.9 Å². The molecule has 0 fully saturated rings. The molecule has 0 atom stereocenters. The maximum atomic E-state index is 11.5. The highest BCUT2D eigenvalue weighted by Crippen LogP contribution is 2.06. The molecule has 0 radical (unpaired) electrons. The summed E-state index contributed by atoms with van der Waals surface area (Å²) in [5.41, 5.74) is 0. The van der Waals surface area contributed by atoms with Gasteiger partial charge in [0.2, 0.25) is 0 Å². The van der Waals surface area contributed by atoms with Crippen LogP contribution in [0.5, 0.6) is 0 Å². The van der Waals surface area contributed by atoms with E-state index in [2.05, 4.69) is 13.0 Å². The third-order valence-corrected chi connectivity index (χ3v) is 3.07. The second-order valence-electron chi connectivity index (χ2n) is 5.06. The van der Waals surface area contributed by atoms with Crippen LogP contribution < -0.4 is 0 Å². The summed E-state index contributed by atoms with van der Waals surface area (Å²) < 4.78 is 0. The number of carboxylic acid groups (broad SMARTS) is 1. The average Bonchev–Trinajstić information content (AvgIpc) is 2.41. The zero-order valence-corrected chi connectivity index (χ0v) is 12.6. The molecule has 0 aliphatic rings. The molecule has 114 valence electrons. The van der Waals surface area contributed by atoms with E-state index < -0.39 is 5.97 Å². The fraction of sp³-hybridized carbons (Fsp3) is 0.647. The summed E-state index contributed by atoms with van der Waals surface area (Å²) in [6.07, 6.45) is 16.5. The number of rotatable bonds is 13. The number of aliphatic carboxylic acids is 1. The normalized spacial score (nSPS) is 11.4. The third kappa shape index (κ3) is 14.7. The minimum atomic E-state index is -0.741. The molecule has 1 N–H and O–H groups in total. The molecule has 0 aromatic heterocycles. The standard InChI is InChI=1S/C17H28O3/c1-2-3-4-5-6-7-10-13-16(18)14-11-8-9-12-15-17(19)20/h6-7,10,13H,2-5,8-9,11-12,14-15H2,1H3,(H,19,20). The largest absolute Gasteiger partial charge is 0.481 e. The Hall–Kier alpha value is -1.38. The van der Waals surface area contributed by atoms with Crippen molar-refractivity contribution in [2.75, 3.05) is 0 Å². The molecule has 0 aliphatic heterocycles.